The van der Waals surface area contributed by atoms with Crippen LogP contribution in [-0.4, -0.2) is 35.3 Å². The second kappa shape index (κ2) is 9.66. The maximum atomic E-state index is 14.0. The summed E-state index contributed by atoms with van der Waals surface area (Å²) in [5.41, 5.74) is 4.25. The number of aromatic nitrogens is 2. The zero-order valence-corrected chi connectivity index (χ0v) is 20.8. The molecule has 4 aromatic rings. The molecular formula is C26H25N5O2S2. The monoisotopic (exact) mass is 503 g/mol. The quantitative estimate of drug-likeness (QED) is 0.411. The lowest BCUT2D eigenvalue weighted by molar-refractivity contribution is 0.288. The molecule has 1 unspecified atom stereocenters. The Kier molecular flexibility index (Phi) is 6.43. The zero-order chi connectivity index (χ0) is 24.4. The van der Waals surface area contributed by atoms with E-state index in [1.54, 1.807) is 40.4 Å². The Morgan fingerprint density at radius 1 is 1.20 bits per heavy atom. The fourth-order valence-electron chi connectivity index (χ4n) is 4.69. The first-order valence-electron chi connectivity index (χ1n) is 11.3. The van der Waals surface area contributed by atoms with Crippen LogP contribution >= 0.6 is 11.3 Å². The van der Waals surface area contributed by atoms with Crippen molar-refractivity contribution in [3.05, 3.63) is 101 Å². The van der Waals surface area contributed by atoms with E-state index in [0.29, 0.717) is 22.9 Å². The normalized spacial score (nSPS) is 17.4. The number of hydrogen-bond donors (Lipinski definition) is 1. The molecule has 0 bridgehead atoms. The molecule has 178 valence electrons. The number of rotatable bonds is 6. The SMILES string of the molecule is C[C@H](c1ccccc1)C1CN(Cc2cnc[nH]2)c2ccc(C#N)cc2CN1S(=O)(=O)c1cccs1. The number of nitrogens with one attached hydrogen (secondary N) is 1. The van der Waals surface area contributed by atoms with Gasteiger partial charge in [0.25, 0.3) is 10.0 Å². The molecule has 0 fully saturated rings. The lowest BCUT2D eigenvalue weighted by atomic mass is 9.93. The number of nitriles is 1. The average Bonchev–Trinajstić information content (AvgIpc) is 3.58. The predicted molar refractivity (Wildman–Crippen MR) is 136 cm³/mol. The number of hydrogen-bond acceptors (Lipinski definition) is 6. The second-order valence-electron chi connectivity index (χ2n) is 8.66. The molecule has 2 aromatic heterocycles. The van der Waals surface area contributed by atoms with Gasteiger partial charge in [0, 0.05) is 31.0 Å². The van der Waals surface area contributed by atoms with Crippen LogP contribution in [-0.2, 0) is 23.1 Å². The van der Waals surface area contributed by atoms with Crippen molar-refractivity contribution in [1.29, 1.82) is 5.26 Å². The minimum atomic E-state index is -3.77. The van der Waals surface area contributed by atoms with Crippen molar-refractivity contribution in [2.24, 2.45) is 0 Å². The van der Waals surface area contributed by atoms with E-state index < -0.39 is 10.0 Å². The Hall–Kier alpha value is -3.45. The van der Waals surface area contributed by atoms with Crippen LogP contribution in [0.4, 0.5) is 5.69 Å². The highest BCUT2D eigenvalue weighted by Gasteiger charge is 2.40. The Morgan fingerprint density at radius 3 is 2.71 bits per heavy atom. The molecule has 7 nitrogen and oxygen atoms in total. The number of benzene rings is 2. The third-order valence-electron chi connectivity index (χ3n) is 6.53. The van der Waals surface area contributed by atoms with Gasteiger partial charge in [0.2, 0.25) is 0 Å². The van der Waals surface area contributed by atoms with Crippen molar-refractivity contribution in [2.75, 3.05) is 11.4 Å². The molecule has 0 aliphatic carbocycles. The molecule has 5 rings (SSSR count). The lowest BCUT2D eigenvalue weighted by Gasteiger charge is -2.35. The zero-order valence-electron chi connectivity index (χ0n) is 19.2. The molecule has 0 spiro atoms. The topological polar surface area (TPSA) is 93.1 Å². The number of anilines is 1. The van der Waals surface area contributed by atoms with Crippen molar-refractivity contribution in [3.63, 3.8) is 0 Å². The van der Waals surface area contributed by atoms with Crippen LogP contribution in [0.15, 0.2) is 82.8 Å². The molecule has 1 aliphatic heterocycles. The molecule has 0 saturated heterocycles. The minimum Gasteiger partial charge on any atom is -0.364 e. The van der Waals surface area contributed by atoms with E-state index >= 15 is 0 Å². The molecule has 9 heteroatoms. The van der Waals surface area contributed by atoms with Crippen LogP contribution in [0.3, 0.4) is 0 Å². The highest BCUT2D eigenvalue weighted by atomic mass is 32.2. The minimum absolute atomic E-state index is 0.0695. The third-order valence-corrected chi connectivity index (χ3v) is 9.77. The van der Waals surface area contributed by atoms with Crippen LogP contribution < -0.4 is 4.90 Å². The third kappa shape index (κ3) is 4.60. The van der Waals surface area contributed by atoms with Crippen LogP contribution in [0.5, 0.6) is 0 Å². The lowest BCUT2D eigenvalue weighted by Crippen LogP contribution is -2.47. The number of H-pyrrole nitrogens is 1. The van der Waals surface area contributed by atoms with Crippen molar-refractivity contribution in [3.8, 4) is 6.07 Å². The van der Waals surface area contributed by atoms with E-state index in [-0.39, 0.29) is 18.5 Å². The Labute approximate surface area is 209 Å². The van der Waals surface area contributed by atoms with E-state index in [1.165, 1.54) is 11.3 Å². The van der Waals surface area contributed by atoms with Crippen LogP contribution in [0.25, 0.3) is 0 Å². The maximum absolute atomic E-state index is 14.0. The molecular weight excluding hydrogens is 478 g/mol. The Bertz CT molecular complexity index is 1430. The molecule has 0 radical (unpaired) electrons. The fraction of sp³-hybridized carbons (Fsp3) is 0.231. The molecule has 35 heavy (non-hydrogen) atoms. The summed E-state index contributed by atoms with van der Waals surface area (Å²) in [5, 5.41) is 11.3. The molecule has 0 saturated carbocycles. The van der Waals surface area contributed by atoms with Crippen LogP contribution in [0.1, 0.15) is 35.2 Å². The molecule has 1 N–H and O–H groups in total. The number of sulfonamides is 1. The first kappa shape index (κ1) is 23.3. The van der Waals surface area contributed by atoms with E-state index in [1.807, 2.05) is 42.5 Å². The van der Waals surface area contributed by atoms with Gasteiger partial charge in [0.15, 0.2) is 0 Å². The molecule has 0 amide bonds. The van der Waals surface area contributed by atoms with Crippen LogP contribution in [0.2, 0.25) is 0 Å². The summed E-state index contributed by atoms with van der Waals surface area (Å²) < 4.78 is 29.9. The van der Waals surface area contributed by atoms with Gasteiger partial charge in [-0.05, 0) is 46.7 Å². The summed E-state index contributed by atoms with van der Waals surface area (Å²) in [5.74, 6) is -0.0695. The molecule has 1 aliphatic rings. The van der Waals surface area contributed by atoms with Gasteiger partial charge in [-0.15, -0.1) is 11.3 Å². The van der Waals surface area contributed by atoms with Crippen molar-refractivity contribution >= 4 is 27.0 Å². The predicted octanol–water partition coefficient (Wildman–Crippen LogP) is 4.73. The number of fused-ring (bicyclic) bond motifs is 1. The van der Waals surface area contributed by atoms with Crippen LogP contribution in [0, 0.1) is 11.3 Å². The second-order valence-corrected chi connectivity index (χ2v) is 11.7. The smallest absolute Gasteiger partial charge is 0.253 e. The molecule has 2 aromatic carbocycles. The van der Waals surface area contributed by atoms with Gasteiger partial charge in [-0.3, -0.25) is 0 Å². The summed E-state index contributed by atoms with van der Waals surface area (Å²) in [7, 11) is -3.77. The van der Waals surface area contributed by atoms with E-state index in [2.05, 4.69) is 27.9 Å². The van der Waals surface area contributed by atoms with Crippen molar-refractivity contribution in [2.45, 2.75) is 36.2 Å². The fourth-order valence-corrected chi connectivity index (χ4v) is 7.48. The number of aromatic amines is 1. The molecule has 3 heterocycles. The summed E-state index contributed by atoms with van der Waals surface area (Å²) in [6, 6.07) is 20.8. The summed E-state index contributed by atoms with van der Waals surface area (Å²) in [6.45, 7) is 3.30. The first-order chi connectivity index (χ1) is 17.0. The van der Waals surface area contributed by atoms with Gasteiger partial charge in [0.1, 0.15) is 4.21 Å². The van der Waals surface area contributed by atoms with E-state index in [0.717, 1.165) is 22.5 Å². The Balaban J connectivity index is 1.65. The first-order valence-corrected chi connectivity index (χ1v) is 13.6. The van der Waals surface area contributed by atoms with Gasteiger partial charge < -0.3 is 9.88 Å². The highest BCUT2D eigenvalue weighted by Crippen LogP contribution is 2.37. The molecule has 2 atom stereocenters. The summed E-state index contributed by atoms with van der Waals surface area (Å²) >= 11 is 1.22. The van der Waals surface area contributed by atoms with Gasteiger partial charge in [-0.2, -0.15) is 9.57 Å². The van der Waals surface area contributed by atoms with Gasteiger partial charge in [-0.1, -0.05) is 43.3 Å². The summed E-state index contributed by atoms with van der Waals surface area (Å²) in [6.07, 6.45) is 3.43. The van der Waals surface area contributed by atoms with Gasteiger partial charge >= 0.3 is 0 Å². The Morgan fingerprint density at radius 2 is 2.03 bits per heavy atom. The van der Waals surface area contributed by atoms with Crippen molar-refractivity contribution in [1.82, 2.24) is 14.3 Å². The van der Waals surface area contributed by atoms with E-state index in [9.17, 15) is 13.7 Å². The number of imidazole rings is 1. The number of thiophene rings is 1. The highest BCUT2D eigenvalue weighted by molar-refractivity contribution is 7.91. The number of nitrogens with zero attached hydrogens (tertiary/aromatic N) is 4. The summed E-state index contributed by atoms with van der Waals surface area (Å²) in [4.78, 5) is 9.51. The average molecular weight is 504 g/mol. The van der Waals surface area contributed by atoms with Gasteiger partial charge in [0.05, 0.1) is 30.2 Å². The van der Waals surface area contributed by atoms with Gasteiger partial charge in [-0.25, -0.2) is 13.4 Å². The maximum Gasteiger partial charge on any atom is 0.253 e. The van der Waals surface area contributed by atoms with Crippen molar-refractivity contribution < 1.29 is 8.42 Å². The van der Waals surface area contributed by atoms with E-state index in [4.69, 9.17) is 0 Å². The standard InChI is InChI=1S/C26H25N5O2S2/c1-19(21-6-3-2-4-7-21)25-17-30(16-23-14-28-18-29-23)24-10-9-20(13-27)12-22(24)15-31(25)35(32,33)26-8-5-11-34-26/h2-12,14,18-19,25H,15-17H2,1H3,(H,28,29)/t19-,25?/m1/s1. The largest absolute Gasteiger partial charge is 0.364 e.